The smallest absolute Gasteiger partial charge is 0.147 e. The van der Waals surface area contributed by atoms with Crippen LogP contribution < -0.4 is 5.73 Å². The topological polar surface area (TPSA) is 141 Å². The Morgan fingerprint density at radius 1 is 1.36 bits per heavy atom. The molecule has 8 nitrogen and oxygen atoms in total. The molecule has 8 heteroatoms. The third kappa shape index (κ3) is 1.87. The highest BCUT2D eigenvalue weighted by Crippen LogP contribution is 2.42. The van der Waals surface area contributed by atoms with Crippen molar-refractivity contribution < 1.29 is 15.3 Å². The minimum Gasteiger partial charge on any atom is -0.396 e. The summed E-state index contributed by atoms with van der Waals surface area (Å²) < 4.78 is 1.65. The van der Waals surface area contributed by atoms with Crippen molar-refractivity contribution in [3.8, 4) is 6.07 Å². The minimum absolute atomic E-state index is 0.194. The van der Waals surface area contributed by atoms with Gasteiger partial charge >= 0.3 is 0 Å². The van der Waals surface area contributed by atoms with Crippen molar-refractivity contribution in [3.63, 3.8) is 0 Å². The molecule has 0 saturated heterocycles. The van der Waals surface area contributed by atoms with E-state index in [2.05, 4.69) is 9.97 Å². The summed E-state index contributed by atoms with van der Waals surface area (Å²) in [5, 5.41) is 39.6. The van der Waals surface area contributed by atoms with Crippen LogP contribution in [0.5, 0.6) is 0 Å². The van der Waals surface area contributed by atoms with Gasteiger partial charge in [-0.05, 0) is 5.92 Å². The van der Waals surface area contributed by atoms with Gasteiger partial charge < -0.3 is 25.6 Å². The molecule has 3 rings (SSSR count). The number of fused-ring (bicyclic) bond motifs is 1. The average Bonchev–Trinajstić information content (AvgIpc) is 2.97. The molecule has 5 atom stereocenters. The fourth-order valence-electron chi connectivity index (χ4n) is 3.44. The van der Waals surface area contributed by atoms with Crippen molar-refractivity contribution in [1.82, 2.24) is 14.5 Å². The number of nitrogens with two attached hydrogens (primary N) is 1. The summed E-state index contributed by atoms with van der Waals surface area (Å²) >= 11 is 0. The Morgan fingerprint density at radius 3 is 2.68 bits per heavy atom. The highest BCUT2D eigenvalue weighted by atomic mass is 16.3. The molecule has 0 aromatic carbocycles. The molecule has 0 bridgehead atoms. The minimum atomic E-state index is -1.06. The van der Waals surface area contributed by atoms with E-state index in [0.717, 1.165) is 0 Å². The molecule has 0 aliphatic heterocycles. The Morgan fingerprint density at radius 2 is 2.09 bits per heavy atom. The maximum atomic E-state index is 10.4. The van der Waals surface area contributed by atoms with Crippen LogP contribution in [0, 0.1) is 23.2 Å². The number of anilines is 1. The summed E-state index contributed by atoms with van der Waals surface area (Å²) in [4.78, 5) is 8.06. The number of aromatic nitrogens is 3. The lowest BCUT2D eigenvalue weighted by atomic mass is 9.95. The molecule has 1 aliphatic carbocycles. The van der Waals surface area contributed by atoms with E-state index in [-0.39, 0.29) is 18.3 Å². The second kappa shape index (κ2) is 5.21. The zero-order valence-electron chi connectivity index (χ0n) is 12.0. The third-order valence-corrected chi connectivity index (χ3v) is 4.64. The van der Waals surface area contributed by atoms with Crippen LogP contribution in [-0.4, -0.2) is 48.7 Å². The fourth-order valence-corrected chi connectivity index (χ4v) is 3.44. The fraction of sp³-hybridized carbons (Fsp3) is 0.500. The first-order valence-electron chi connectivity index (χ1n) is 6.99. The monoisotopic (exact) mass is 303 g/mol. The van der Waals surface area contributed by atoms with Crippen LogP contribution in [0.3, 0.4) is 0 Å². The van der Waals surface area contributed by atoms with Gasteiger partial charge in [0.15, 0.2) is 0 Å². The first-order valence-corrected chi connectivity index (χ1v) is 6.99. The number of nitrogen functional groups attached to an aromatic ring is 1. The summed E-state index contributed by atoms with van der Waals surface area (Å²) in [7, 11) is 0. The molecular weight excluding hydrogens is 286 g/mol. The van der Waals surface area contributed by atoms with E-state index in [9.17, 15) is 20.6 Å². The van der Waals surface area contributed by atoms with Crippen molar-refractivity contribution in [3.05, 3.63) is 18.1 Å². The maximum Gasteiger partial charge on any atom is 0.147 e. The molecule has 22 heavy (non-hydrogen) atoms. The number of nitrogens with zero attached hydrogens (tertiary/aromatic N) is 4. The second-order valence-electron chi connectivity index (χ2n) is 5.70. The first kappa shape index (κ1) is 14.7. The zero-order chi connectivity index (χ0) is 16.0. The van der Waals surface area contributed by atoms with Crippen molar-refractivity contribution in [2.24, 2.45) is 11.8 Å². The largest absolute Gasteiger partial charge is 0.396 e. The number of hydrogen-bond acceptors (Lipinski definition) is 7. The Labute approximate surface area is 126 Å². The second-order valence-corrected chi connectivity index (χ2v) is 5.70. The summed E-state index contributed by atoms with van der Waals surface area (Å²) in [6, 6.07) is 1.54. The Bertz CT molecular complexity index is 753. The molecular formula is C14H17N5O3. The molecule has 2 aromatic heterocycles. The molecule has 2 aromatic rings. The third-order valence-electron chi connectivity index (χ3n) is 4.64. The van der Waals surface area contributed by atoms with Gasteiger partial charge in [0, 0.05) is 18.7 Å². The summed E-state index contributed by atoms with van der Waals surface area (Å²) in [5.74, 6) is -0.449. The predicted molar refractivity (Wildman–Crippen MR) is 77.4 cm³/mol. The van der Waals surface area contributed by atoms with Gasteiger partial charge in [-0.25, -0.2) is 9.97 Å². The van der Waals surface area contributed by atoms with Crippen LogP contribution in [-0.2, 0) is 0 Å². The van der Waals surface area contributed by atoms with Crippen molar-refractivity contribution in [2.45, 2.75) is 25.2 Å². The molecule has 2 unspecified atom stereocenters. The molecule has 1 fully saturated rings. The van der Waals surface area contributed by atoms with E-state index in [1.807, 2.05) is 13.0 Å². The lowest BCUT2D eigenvalue weighted by Crippen LogP contribution is -2.30. The Kier molecular flexibility index (Phi) is 3.48. The van der Waals surface area contributed by atoms with Gasteiger partial charge in [0.1, 0.15) is 30.0 Å². The van der Waals surface area contributed by atoms with Gasteiger partial charge in [0.2, 0.25) is 0 Å². The number of rotatable bonds is 2. The SMILES string of the molecule is CC1[C@@H](n2cc(C#N)c3c(N)ncnc32)C(O)[C@@H](O)[C@H]1CO. The molecule has 1 saturated carbocycles. The van der Waals surface area contributed by atoms with E-state index in [1.165, 1.54) is 6.33 Å². The van der Waals surface area contributed by atoms with Gasteiger partial charge in [0.25, 0.3) is 0 Å². The normalized spacial score (nSPS) is 31.5. The lowest BCUT2D eigenvalue weighted by Gasteiger charge is -2.22. The van der Waals surface area contributed by atoms with E-state index in [0.29, 0.717) is 16.6 Å². The number of hydrogen-bond donors (Lipinski definition) is 4. The van der Waals surface area contributed by atoms with Gasteiger partial charge in [-0.3, -0.25) is 0 Å². The zero-order valence-corrected chi connectivity index (χ0v) is 12.0. The van der Waals surface area contributed by atoms with Crippen molar-refractivity contribution in [1.29, 1.82) is 5.26 Å². The first-order chi connectivity index (χ1) is 10.5. The molecule has 0 spiro atoms. The highest BCUT2D eigenvalue weighted by Gasteiger charge is 2.48. The van der Waals surface area contributed by atoms with E-state index in [1.54, 1.807) is 10.8 Å². The molecule has 2 heterocycles. The summed E-state index contributed by atoms with van der Waals surface area (Å²) in [6.45, 7) is 1.62. The molecule has 116 valence electrons. The molecule has 0 amide bonds. The van der Waals surface area contributed by atoms with Crippen LogP contribution in [0.1, 0.15) is 18.5 Å². The molecule has 0 radical (unpaired) electrons. The van der Waals surface area contributed by atoms with Crippen LogP contribution in [0.2, 0.25) is 0 Å². The highest BCUT2D eigenvalue weighted by molar-refractivity contribution is 5.92. The van der Waals surface area contributed by atoms with Crippen LogP contribution >= 0.6 is 0 Å². The van der Waals surface area contributed by atoms with Crippen LogP contribution in [0.15, 0.2) is 12.5 Å². The average molecular weight is 303 g/mol. The van der Waals surface area contributed by atoms with Gasteiger partial charge in [0.05, 0.1) is 23.1 Å². The Hall–Kier alpha value is -2.21. The molecule has 5 N–H and O–H groups in total. The summed E-state index contributed by atoms with van der Waals surface area (Å²) in [6.07, 6.45) is 0.756. The van der Waals surface area contributed by atoms with Crippen LogP contribution in [0.25, 0.3) is 11.0 Å². The van der Waals surface area contributed by atoms with E-state index >= 15 is 0 Å². The van der Waals surface area contributed by atoms with Crippen molar-refractivity contribution in [2.75, 3.05) is 12.3 Å². The summed E-state index contributed by atoms with van der Waals surface area (Å²) in [5.41, 5.74) is 6.58. The lowest BCUT2D eigenvalue weighted by molar-refractivity contribution is -0.00431. The van der Waals surface area contributed by atoms with Gasteiger partial charge in [-0.1, -0.05) is 6.92 Å². The number of nitriles is 1. The van der Waals surface area contributed by atoms with Gasteiger partial charge in [-0.2, -0.15) is 5.26 Å². The van der Waals surface area contributed by atoms with Crippen molar-refractivity contribution >= 4 is 16.9 Å². The molecule has 1 aliphatic rings. The number of aliphatic hydroxyl groups excluding tert-OH is 3. The van der Waals surface area contributed by atoms with E-state index in [4.69, 9.17) is 5.73 Å². The quantitative estimate of drug-likeness (QED) is 0.580. The van der Waals surface area contributed by atoms with Gasteiger partial charge in [-0.15, -0.1) is 0 Å². The predicted octanol–water partition coefficient (Wildman–Crippen LogP) is -0.594. The Balaban J connectivity index is 2.19. The van der Waals surface area contributed by atoms with E-state index < -0.39 is 24.2 Å². The standard InChI is InChI=1S/C14H17N5O3/c1-6-8(4-20)11(21)12(22)10(6)19-3-7(2-15)9-13(16)17-5-18-14(9)19/h3,5-6,8,10-12,20-22H,4H2,1H3,(H2,16,17,18)/t6?,8-,10+,11-,12?/m0/s1. The number of aliphatic hydroxyl groups is 3. The maximum absolute atomic E-state index is 10.4. The van der Waals surface area contributed by atoms with Crippen LogP contribution in [0.4, 0.5) is 5.82 Å².